The number of rotatable bonds is 22. The molecule has 0 radical (unpaired) electrons. The van der Waals surface area contributed by atoms with Crippen LogP contribution in [-0.4, -0.2) is 137 Å². The van der Waals surface area contributed by atoms with Crippen LogP contribution in [0.3, 0.4) is 0 Å². The fourth-order valence-electron chi connectivity index (χ4n) is 5.39. The van der Waals surface area contributed by atoms with Gasteiger partial charge in [-0.2, -0.15) is 12.6 Å². The molecular weight excluding hydrogens is 714 g/mol. The maximum Gasteiger partial charge on any atom is 0.325 e. The molecular formula is C33H51N9O10S. The van der Waals surface area contributed by atoms with Gasteiger partial charge in [-0.05, 0) is 51.1 Å². The zero-order valence-corrected chi connectivity index (χ0v) is 30.4. The third-order valence-corrected chi connectivity index (χ3v) is 8.69. The maximum atomic E-state index is 13.8. The average molecular weight is 766 g/mol. The van der Waals surface area contributed by atoms with Crippen molar-refractivity contribution in [3.8, 4) is 0 Å². The number of likely N-dealkylation sites (tertiary alicyclic amines) is 1. The number of hydrogen-bond acceptors (Lipinski definition) is 12. The zero-order chi connectivity index (χ0) is 39.5. The van der Waals surface area contributed by atoms with E-state index in [-0.39, 0.29) is 38.1 Å². The van der Waals surface area contributed by atoms with Gasteiger partial charge < -0.3 is 58.5 Å². The van der Waals surface area contributed by atoms with Crippen LogP contribution < -0.4 is 43.4 Å². The van der Waals surface area contributed by atoms with Crippen LogP contribution in [0.5, 0.6) is 0 Å². The average Bonchev–Trinajstić information content (AvgIpc) is 3.64. The molecule has 0 saturated carbocycles. The molecule has 7 amide bonds. The lowest BCUT2D eigenvalue weighted by Crippen LogP contribution is -2.60. The summed E-state index contributed by atoms with van der Waals surface area (Å²) in [4.78, 5) is 103. The van der Waals surface area contributed by atoms with Crippen molar-refractivity contribution in [1.29, 1.82) is 0 Å². The van der Waals surface area contributed by atoms with Crippen molar-refractivity contribution in [2.24, 2.45) is 11.5 Å². The molecule has 1 aliphatic heterocycles. The molecule has 1 aromatic rings. The molecule has 0 unspecified atom stereocenters. The number of aliphatic hydroxyl groups excluding tert-OH is 1. The van der Waals surface area contributed by atoms with Crippen molar-refractivity contribution >= 4 is 59.9 Å². The normalized spacial score (nSPS) is 16.5. The Balaban J connectivity index is 2.23. The van der Waals surface area contributed by atoms with E-state index in [2.05, 4.69) is 44.5 Å². The molecule has 20 heteroatoms. The highest BCUT2D eigenvalue weighted by Crippen LogP contribution is 2.20. The second-order valence-corrected chi connectivity index (χ2v) is 12.7. The SMILES string of the molecule is C[C@H](NC(=O)[C@@H]1CCCN1C(=O)[C@H](CCCCN)NC(=O)[C@H](CO)NC(=O)[C@H](Cc1ccccc1)NC(=O)[C@H](CS)NC(=O)CNC(=O)CN)C(=O)O. The van der Waals surface area contributed by atoms with Crippen LogP contribution in [0.15, 0.2) is 30.3 Å². The van der Waals surface area contributed by atoms with Gasteiger partial charge in [0.05, 0.1) is 19.7 Å². The Hall–Kier alpha value is -4.79. The number of nitrogens with one attached hydrogen (secondary N) is 6. The molecule has 1 saturated heterocycles. The lowest BCUT2D eigenvalue weighted by Gasteiger charge is -2.30. The standard InChI is InChI=1S/C33H51N9O10S/c1-19(33(51)52)37-31(49)25-11-7-13-42(25)32(50)21(10-5-6-12-34)39-29(47)23(17-43)41-28(46)22(14-20-8-3-2-4-9-20)40-30(48)24(18-53)38-27(45)16-36-26(44)15-35/h2-4,8-9,19,21-25,43,53H,5-7,10-18,34-35H2,1H3,(H,36,44)(H,37,49)(H,38,45)(H,39,47)(H,40,48)(H,41,46)(H,51,52)/t19-,21-,22-,23-,24-,25-/m0/s1. The summed E-state index contributed by atoms with van der Waals surface area (Å²) in [5, 5.41) is 34.0. The largest absolute Gasteiger partial charge is 0.480 e. The number of carboxylic acid groups (broad SMARTS) is 1. The van der Waals surface area contributed by atoms with Crippen LogP contribution in [0.4, 0.5) is 0 Å². The predicted molar refractivity (Wildman–Crippen MR) is 194 cm³/mol. The first-order valence-electron chi connectivity index (χ1n) is 17.2. The topological polar surface area (TPSA) is 304 Å². The Morgan fingerprint density at radius 3 is 2.08 bits per heavy atom. The third kappa shape index (κ3) is 14.6. The molecule has 6 atom stereocenters. The minimum absolute atomic E-state index is 0.0584. The summed E-state index contributed by atoms with van der Waals surface area (Å²) >= 11 is 4.12. The van der Waals surface area contributed by atoms with Crippen LogP contribution in [0.25, 0.3) is 0 Å². The summed E-state index contributed by atoms with van der Waals surface area (Å²) in [7, 11) is 0. The number of thiol groups is 1. The highest BCUT2D eigenvalue weighted by atomic mass is 32.1. The van der Waals surface area contributed by atoms with E-state index in [0.29, 0.717) is 31.4 Å². The Morgan fingerprint density at radius 1 is 0.849 bits per heavy atom. The van der Waals surface area contributed by atoms with Gasteiger partial charge in [0.15, 0.2) is 0 Å². The minimum Gasteiger partial charge on any atom is -0.480 e. The first-order valence-corrected chi connectivity index (χ1v) is 17.9. The highest BCUT2D eigenvalue weighted by molar-refractivity contribution is 7.80. The van der Waals surface area contributed by atoms with Gasteiger partial charge in [-0.3, -0.25) is 38.4 Å². The molecule has 0 spiro atoms. The van der Waals surface area contributed by atoms with E-state index in [1.165, 1.54) is 11.8 Å². The monoisotopic (exact) mass is 765 g/mol. The van der Waals surface area contributed by atoms with Crippen LogP contribution in [0.1, 0.15) is 44.6 Å². The Bertz CT molecular complexity index is 1440. The number of nitrogens with zero attached hydrogens (tertiary/aromatic N) is 1. The number of unbranched alkanes of at least 4 members (excludes halogenated alkanes) is 1. The van der Waals surface area contributed by atoms with Gasteiger partial charge in [0.25, 0.3) is 0 Å². The highest BCUT2D eigenvalue weighted by Gasteiger charge is 2.39. The number of aliphatic carboxylic acids is 1. The molecule has 19 nitrogen and oxygen atoms in total. The van der Waals surface area contributed by atoms with Crippen molar-refractivity contribution < 1.29 is 48.6 Å². The fourth-order valence-corrected chi connectivity index (χ4v) is 5.64. The van der Waals surface area contributed by atoms with Gasteiger partial charge in [0, 0.05) is 18.7 Å². The molecule has 1 aliphatic rings. The van der Waals surface area contributed by atoms with E-state index >= 15 is 0 Å². The van der Waals surface area contributed by atoms with Crippen LogP contribution >= 0.6 is 12.6 Å². The molecule has 2 rings (SSSR count). The number of benzene rings is 1. The molecule has 1 heterocycles. The van der Waals surface area contributed by atoms with E-state index in [1.807, 2.05) is 0 Å². The van der Waals surface area contributed by atoms with E-state index in [9.17, 15) is 48.6 Å². The van der Waals surface area contributed by atoms with Crippen molar-refractivity contribution in [1.82, 2.24) is 36.8 Å². The lowest BCUT2D eigenvalue weighted by molar-refractivity contribution is -0.144. The van der Waals surface area contributed by atoms with Gasteiger partial charge >= 0.3 is 5.97 Å². The van der Waals surface area contributed by atoms with Crippen molar-refractivity contribution in [2.45, 2.75) is 81.7 Å². The van der Waals surface area contributed by atoms with Gasteiger partial charge in [0.2, 0.25) is 41.4 Å². The quantitative estimate of drug-likeness (QED) is 0.0397. The van der Waals surface area contributed by atoms with Gasteiger partial charge in [-0.15, -0.1) is 0 Å². The van der Waals surface area contributed by atoms with Gasteiger partial charge in [-0.25, -0.2) is 0 Å². The number of hydrogen-bond donors (Lipinski definition) is 11. The molecule has 1 aromatic carbocycles. The molecule has 12 N–H and O–H groups in total. The van der Waals surface area contributed by atoms with E-state index in [0.717, 1.165) is 0 Å². The summed E-state index contributed by atoms with van der Waals surface area (Å²) in [6.45, 7) is 0.0904. The molecule has 294 valence electrons. The first kappa shape index (κ1) is 44.4. The minimum atomic E-state index is -1.58. The number of carbonyl (C=O) groups is 8. The smallest absolute Gasteiger partial charge is 0.325 e. The fraction of sp³-hybridized carbons (Fsp3) is 0.576. The number of amides is 7. The number of nitrogens with two attached hydrogens (primary N) is 2. The summed E-state index contributed by atoms with van der Waals surface area (Å²) < 4.78 is 0. The van der Waals surface area contributed by atoms with Gasteiger partial charge in [0.1, 0.15) is 36.3 Å². The zero-order valence-electron chi connectivity index (χ0n) is 29.5. The Kier molecular flexibility index (Phi) is 19.3. The maximum absolute atomic E-state index is 13.8. The van der Waals surface area contributed by atoms with Crippen molar-refractivity contribution in [3.63, 3.8) is 0 Å². The molecule has 0 aliphatic carbocycles. The van der Waals surface area contributed by atoms with E-state index < -0.39 is 96.7 Å². The summed E-state index contributed by atoms with van der Waals surface area (Å²) in [6.07, 6.45) is 1.72. The molecule has 1 fully saturated rings. The third-order valence-electron chi connectivity index (χ3n) is 8.33. The van der Waals surface area contributed by atoms with Crippen LogP contribution in [-0.2, 0) is 44.8 Å². The van der Waals surface area contributed by atoms with Gasteiger partial charge in [-0.1, -0.05) is 30.3 Å². The predicted octanol–water partition coefficient (Wildman–Crippen LogP) is -4.13. The first-order chi connectivity index (χ1) is 25.3. The molecule has 53 heavy (non-hydrogen) atoms. The van der Waals surface area contributed by atoms with Crippen molar-refractivity contribution in [2.75, 3.05) is 38.5 Å². The number of carboxylic acids is 1. The van der Waals surface area contributed by atoms with E-state index in [1.54, 1.807) is 30.3 Å². The van der Waals surface area contributed by atoms with Crippen molar-refractivity contribution in [3.05, 3.63) is 35.9 Å². The molecule has 0 bridgehead atoms. The number of aliphatic hydroxyl groups is 1. The lowest BCUT2D eigenvalue weighted by atomic mass is 10.0. The summed E-state index contributed by atoms with van der Waals surface area (Å²) in [5.74, 6) is -6.57. The second kappa shape index (κ2) is 23.0. The second-order valence-electron chi connectivity index (χ2n) is 12.4. The van der Waals surface area contributed by atoms with E-state index in [4.69, 9.17) is 11.5 Å². The number of carbonyl (C=O) groups excluding carboxylic acids is 7. The summed E-state index contributed by atoms with van der Waals surface area (Å²) in [5.41, 5.74) is 11.5. The molecule has 0 aromatic heterocycles. The van der Waals surface area contributed by atoms with Crippen LogP contribution in [0.2, 0.25) is 0 Å². The summed E-state index contributed by atoms with van der Waals surface area (Å²) in [6, 6.07) is 1.11. The van der Waals surface area contributed by atoms with Crippen LogP contribution in [0, 0.1) is 0 Å². The Labute approximate surface area is 312 Å². The Morgan fingerprint density at radius 2 is 1.47 bits per heavy atom.